The zero-order chi connectivity index (χ0) is 28.8. The van der Waals surface area contributed by atoms with Crippen LogP contribution < -0.4 is 10.6 Å². The van der Waals surface area contributed by atoms with Crippen molar-refractivity contribution < 1.29 is 24.5 Å². The molecule has 4 atom stereocenters. The maximum absolute atomic E-state index is 12.1. The Morgan fingerprint density at radius 2 is 1.83 bits per heavy atom. The molecule has 214 valence electrons. The predicted octanol–water partition coefficient (Wildman–Crippen LogP) is 4.59. The number of ether oxygens (including phenoxy) is 2. The number of hydrogen-bond donors (Lipinski definition) is 4. The Morgan fingerprint density at radius 3 is 2.56 bits per heavy atom. The number of aromatic nitrogens is 4. The lowest BCUT2D eigenvalue weighted by atomic mass is 9.91. The molecule has 1 saturated heterocycles. The number of nitrogens with one attached hydrogen (secondary N) is 2. The van der Waals surface area contributed by atoms with Crippen LogP contribution in [0.1, 0.15) is 42.9 Å². The summed E-state index contributed by atoms with van der Waals surface area (Å²) in [5.41, 5.74) is 3.92. The molecule has 0 bridgehead atoms. The Balaban J connectivity index is 1.39. The third-order valence-corrected chi connectivity index (χ3v) is 7.80. The Kier molecular flexibility index (Phi) is 9.14. The summed E-state index contributed by atoms with van der Waals surface area (Å²) in [6.07, 6.45) is -1.23. The van der Waals surface area contributed by atoms with E-state index in [1.165, 1.54) is 11.8 Å². The molecule has 1 aromatic heterocycles. The summed E-state index contributed by atoms with van der Waals surface area (Å²) in [7, 11) is 0. The maximum Gasteiger partial charge on any atom is 0.319 e. The van der Waals surface area contributed by atoms with Crippen molar-refractivity contribution in [2.24, 2.45) is 5.92 Å². The lowest BCUT2D eigenvalue weighted by Gasteiger charge is -2.41. The molecule has 41 heavy (non-hydrogen) atoms. The quantitative estimate of drug-likeness (QED) is 0.210. The highest BCUT2D eigenvalue weighted by atomic mass is 32.2. The van der Waals surface area contributed by atoms with E-state index in [4.69, 9.17) is 9.47 Å². The molecule has 3 aromatic carbocycles. The fourth-order valence-electron chi connectivity index (χ4n) is 4.59. The van der Waals surface area contributed by atoms with E-state index < -0.39 is 6.29 Å². The van der Waals surface area contributed by atoms with Crippen molar-refractivity contribution in [3.05, 3.63) is 89.5 Å². The molecule has 0 spiro atoms. The van der Waals surface area contributed by atoms with E-state index in [-0.39, 0.29) is 36.5 Å². The molecule has 0 radical (unpaired) electrons. The molecular weight excluding hydrogens is 544 g/mol. The third-order valence-electron chi connectivity index (χ3n) is 6.79. The second kappa shape index (κ2) is 13.1. The topological polar surface area (TPSA) is 144 Å². The number of aliphatic hydroxyl groups is 1. The second-order valence-corrected chi connectivity index (χ2v) is 10.6. The number of aromatic hydroxyl groups is 1. The van der Waals surface area contributed by atoms with Gasteiger partial charge in [-0.25, -0.2) is 4.79 Å². The molecule has 0 aliphatic carbocycles. The number of tetrazole rings is 1. The van der Waals surface area contributed by atoms with Crippen LogP contribution in [-0.4, -0.2) is 54.9 Å². The highest BCUT2D eigenvalue weighted by Gasteiger charge is 2.38. The highest BCUT2D eigenvalue weighted by molar-refractivity contribution is 7.99. The average molecular weight is 577 g/mol. The Labute approximate surface area is 241 Å². The van der Waals surface area contributed by atoms with Crippen LogP contribution in [-0.2, 0) is 16.1 Å². The van der Waals surface area contributed by atoms with Gasteiger partial charge in [0.1, 0.15) is 5.75 Å². The summed E-state index contributed by atoms with van der Waals surface area (Å²) >= 11 is 1.47. The number of nitrogens with zero attached hydrogens (tertiary/aromatic N) is 4. The van der Waals surface area contributed by atoms with Crippen molar-refractivity contribution in [1.82, 2.24) is 25.5 Å². The number of benzene rings is 3. The molecule has 4 N–H and O–H groups in total. The number of carbonyl (C=O) groups excluding carboxylic acids is 1. The summed E-state index contributed by atoms with van der Waals surface area (Å²) in [6, 6.07) is 21.5. The first-order valence-electron chi connectivity index (χ1n) is 13.3. The minimum atomic E-state index is -0.691. The second-order valence-electron chi connectivity index (χ2n) is 9.63. The number of thioether (sulfide) groups is 1. The molecule has 1 fully saturated rings. The summed E-state index contributed by atoms with van der Waals surface area (Å²) < 4.78 is 14.7. The van der Waals surface area contributed by atoms with Crippen molar-refractivity contribution in [3.8, 4) is 11.4 Å². The SMILES string of the molecule is CCNC(=O)Nc1cccc(C2O[C@H](CSc3nnnn3-c3ccc(O)cc3)[C@H](C)[C@H](c3ccc(CO)cc3)O2)c1. The monoisotopic (exact) mass is 576 g/mol. The zero-order valence-electron chi connectivity index (χ0n) is 22.7. The molecule has 11 nitrogen and oxygen atoms in total. The van der Waals surface area contributed by atoms with E-state index in [0.717, 1.165) is 22.4 Å². The summed E-state index contributed by atoms with van der Waals surface area (Å²) in [6.45, 7) is 4.43. The smallest absolute Gasteiger partial charge is 0.319 e. The van der Waals surface area contributed by atoms with Crippen molar-refractivity contribution in [2.75, 3.05) is 17.6 Å². The van der Waals surface area contributed by atoms with Crippen LogP contribution in [0.15, 0.2) is 78.0 Å². The van der Waals surface area contributed by atoms with E-state index in [9.17, 15) is 15.0 Å². The third kappa shape index (κ3) is 6.85. The number of carbonyl (C=O) groups is 1. The number of phenolic OH excluding ortho intramolecular Hbond substituents is 1. The molecular formula is C29H32N6O5S. The summed E-state index contributed by atoms with van der Waals surface area (Å²) in [5, 5.41) is 37.5. The van der Waals surface area contributed by atoms with Gasteiger partial charge in [-0.15, -0.1) is 5.10 Å². The number of aliphatic hydroxyl groups excluding tert-OH is 1. The van der Waals surface area contributed by atoms with Gasteiger partial charge in [0.05, 0.1) is 24.5 Å². The molecule has 2 heterocycles. The van der Waals surface area contributed by atoms with E-state index in [1.54, 1.807) is 28.9 Å². The molecule has 12 heteroatoms. The summed E-state index contributed by atoms with van der Waals surface area (Å²) in [4.78, 5) is 12.1. The Morgan fingerprint density at radius 1 is 1.05 bits per heavy atom. The van der Waals surface area contributed by atoms with Gasteiger partial charge in [-0.1, -0.05) is 55.1 Å². The van der Waals surface area contributed by atoms with E-state index >= 15 is 0 Å². The number of rotatable bonds is 9. The fraction of sp³-hybridized carbons (Fsp3) is 0.310. The molecule has 4 aromatic rings. The van der Waals surface area contributed by atoms with Gasteiger partial charge in [0.2, 0.25) is 5.16 Å². The maximum atomic E-state index is 12.1. The highest BCUT2D eigenvalue weighted by Crippen LogP contribution is 2.43. The Hall–Kier alpha value is -3.97. The summed E-state index contributed by atoms with van der Waals surface area (Å²) in [5.74, 6) is 0.671. The number of hydrogen-bond acceptors (Lipinski definition) is 9. The normalized spacial score (nSPS) is 20.5. The van der Waals surface area contributed by atoms with Gasteiger partial charge >= 0.3 is 6.03 Å². The van der Waals surface area contributed by atoms with Crippen molar-refractivity contribution in [1.29, 1.82) is 0 Å². The van der Waals surface area contributed by atoms with Crippen LogP contribution in [0.3, 0.4) is 0 Å². The van der Waals surface area contributed by atoms with Gasteiger partial charge in [0.25, 0.3) is 0 Å². The minimum Gasteiger partial charge on any atom is -0.508 e. The first-order chi connectivity index (χ1) is 19.9. The molecule has 1 unspecified atom stereocenters. The standard InChI is InChI=1S/C29H32N6O5S/c1-3-30-28(38)31-22-6-4-5-21(15-22)27-39-25(18(2)26(40-27)20-9-7-19(16-36)8-10-20)17-41-29-32-33-34-35(29)23-11-13-24(37)14-12-23/h4-15,18,25-27,36-37H,3,16-17H2,1-2H3,(H2,30,31,38)/t18-,25+,26+,27?/m0/s1. The number of anilines is 1. The van der Waals surface area contributed by atoms with Crippen LogP contribution >= 0.6 is 11.8 Å². The van der Waals surface area contributed by atoms with Crippen LogP contribution in [0.5, 0.6) is 5.75 Å². The molecule has 1 aliphatic heterocycles. The first-order valence-corrected chi connectivity index (χ1v) is 14.3. The van der Waals surface area contributed by atoms with E-state index in [0.29, 0.717) is 23.1 Å². The largest absolute Gasteiger partial charge is 0.508 e. The number of amides is 2. The van der Waals surface area contributed by atoms with Crippen molar-refractivity contribution >= 4 is 23.5 Å². The zero-order valence-corrected chi connectivity index (χ0v) is 23.5. The molecule has 0 saturated carbocycles. The van der Waals surface area contributed by atoms with E-state index in [1.807, 2.05) is 55.5 Å². The van der Waals surface area contributed by atoms with Gasteiger partial charge < -0.3 is 30.3 Å². The molecule has 5 rings (SSSR count). The molecule has 2 amide bonds. The van der Waals surface area contributed by atoms with Gasteiger partial charge in [0.15, 0.2) is 6.29 Å². The van der Waals surface area contributed by atoms with E-state index in [2.05, 4.69) is 33.1 Å². The van der Waals surface area contributed by atoms with Gasteiger partial charge in [-0.3, -0.25) is 0 Å². The minimum absolute atomic E-state index is 0.0339. The lowest BCUT2D eigenvalue weighted by molar-refractivity contribution is -0.268. The first kappa shape index (κ1) is 28.6. The Bertz CT molecular complexity index is 1450. The molecule has 1 aliphatic rings. The lowest BCUT2D eigenvalue weighted by Crippen LogP contribution is -2.38. The van der Waals surface area contributed by atoms with Gasteiger partial charge in [0, 0.05) is 29.5 Å². The predicted molar refractivity (Wildman–Crippen MR) is 154 cm³/mol. The number of urea groups is 1. The van der Waals surface area contributed by atoms with Crippen LogP contribution in [0.4, 0.5) is 10.5 Å². The van der Waals surface area contributed by atoms with Gasteiger partial charge in [-0.2, -0.15) is 4.68 Å². The van der Waals surface area contributed by atoms with Crippen LogP contribution in [0.2, 0.25) is 0 Å². The fourth-order valence-corrected chi connectivity index (χ4v) is 5.64. The number of phenols is 1. The van der Waals surface area contributed by atoms with Crippen molar-refractivity contribution in [2.45, 2.75) is 44.1 Å². The average Bonchev–Trinajstić information content (AvgIpc) is 3.46. The van der Waals surface area contributed by atoms with Gasteiger partial charge in [-0.05, 0) is 64.9 Å². The van der Waals surface area contributed by atoms with Crippen molar-refractivity contribution in [3.63, 3.8) is 0 Å². The van der Waals surface area contributed by atoms with Crippen LogP contribution in [0, 0.1) is 5.92 Å². The van der Waals surface area contributed by atoms with Crippen LogP contribution in [0.25, 0.3) is 5.69 Å².